The minimum Gasteiger partial charge on any atom is -0.397 e. The summed E-state index contributed by atoms with van der Waals surface area (Å²) in [5.74, 6) is -0.833. The highest BCUT2D eigenvalue weighted by Gasteiger charge is 2.16. The van der Waals surface area contributed by atoms with Gasteiger partial charge in [0.1, 0.15) is 5.82 Å². The van der Waals surface area contributed by atoms with E-state index in [1.54, 1.807) is 0 Å². The Morgan fingerprint density at radius 1 is 1.20 bits per heavy atom. The van der Waals surface area contributed by atoms with Gasteiger partial charge in [0.2, 0.25) is 0 Å². The Kier molecular flexibility index (Phi) is 3.53. The van der Waals surface area contributed by atoms with Gasteiger partial charge in [0, 0.05) is 14.1 Å². The molecule has 2 N–H and O–H groups in total. The highest BCUT2D eigenvalue weighted by Crippen LogP contribution is 2.23. The van der Waals surface area contributed by atoms with Gasteiger partial charge in [-0.1, -0.05) is 11.6 Å². The third-order valence-corrected chi connectivity index (χ3v) is 3.71. The molecule has 0 atom stereocenters. The summed E-state index contributed by atoms with van der Waals surface area (Å²) < 4.78 is 16.7. The second-order valence-electron chi connectivity index (χ2n) is 4.13. The highest BCUT2D eigenvalue weighted by molar-refractivity contribution is 7.71. The van der Waals surface area contributed by atoms with Crippen molar-refractivity contribution in [3.05, 3.63) is 48.7 Å². The van der Waals surface area contributed by atoms with E-state index in [1.807, 2.05) is 0 Å². The monoisotopic (exact) mass is 316 g/mol. The molecule has 1 heterocycles. The van der Waals surface area contributed by atoms with Gasteiger partial charge < -0.3 is 5.73 Å². The maximum Gasteiger partial charge on any atom is 0.338 e. The molecule has 1 aromatic carbocycles. The van der Waals surface area contributed by atoms with E-state index in [0.29, 0.717) is 4.57 Å². The van der Waals surface area contributed by atoms with Crippen LogP contribution in [0.5, 0.6) is 0 Å². The minimum atomic E-state index is -0.833. The van der Waals surface area contributed by atoms with Gasteiger partial charge in [0.05, 0.1) is 16.4 Å². The second-order valence-corrected chi connectivity index (χ2v) is 4.90. The maximum atomic E-state index is 14.0. The number of anilines is 1. The zero-order valence-electron chi connectivity index (χ0n) is 10.6. The molecule has 2 rings (SSSR count). The summed E-state index contributed by atoms with van der Waals surface area (Å²) in [5.41, 5.74) is 3.84. The zero-order valence-corrected chi connectivity index (χ0v) is 12.1. The van der Waals surface area contributed by atoms with Gasteiger partial charge in [0.15, 0.2) is 4.77 Å². The van der Waals surface area contributed by atoms with Crippen LogP contribution in [0.4, 0.5) is 10.1 Å². The van der Waals surface area contributed by atoms with Crippen LogP contribution in [0.1, 0.15) is 0 Å². The van der Waals surface area contributed by atoms with E-state index < -0.39 is 17.2 Å². The molecule has 0 radical (unpaired) electrons. The van der Waals surface area contributed by atoms with Gasteiger partial charge in [-0.05, 0) is 24.4 Å². The Hall–Kier alpha value is -1.93. The quantitative estimate of drug-likeness (QED) is 0.628. The standard InChI is InChI=1S/C11H10ClFN4O2S/c1-15-9(18)17(10(19)16(2)11(15)20)8-4-7(14)5(12)3-6(8)13/h3-4H,14H2,1-2H3. The number of nitrogen functional groups attached to an aromatic ring is 1. The van der Waals surface area contributed by atoms with E-state index >= 15 is 0 Å². The number of hydrogen-bond acceptors (Lipinski definition) is 4. The van der Waals surface area contributed by atoms with Crippen molar-refractivity contribution in [2.45, 2.75) is 0 Å². The highest BCUT2D eigenvalue weighted by atomic mass is 35.5. The fraction of sp³-hybridized carbons (Fsp3) is 0.182. The summed E-state index contributed by atoms with van der Waals surface area (Å²) >= 11 is 10.6. The maximum absolute atomic E-state index is 14.0. The Balaban J connectivity index is 2.99. The largest absolute Gasteiger partial charge is 0.397 e. The van der Waals surface area contributed by atoms with E-state index in [0.717, 1.165) is 21.3 Å². The number of hydrogen-bond donors (Lipinski definition) is 1. The third-order valence-electron chi connectivity index (χ3n) is 2.84. The lowest BCUT2D eigenvalue weighted by atomic mass is 10.2. The number of nitrogens with two attached hydrogens (primary N) is 1. The molecule has 20 heavy (non-hydrogen) atoms. The first-order chi connectivity index (χ1) is 9.25. The van der Waals surface area contributed by atoms with E-state index in [-0.39, 0.29) is 21.2 Å². The molecule has 0 spiro atoms. The number of halogens is 2. The Morgan fingerprint density at radius 3 is 2.20 bits per heavy atom. The number of benzene rings is 1. The average molecular weight is 317 g/mol. The Morgan fingerprint density at radius 2 is 1.70 bits per heavy atom. The van der Waals surface area contributed by atoms with Crippen LogP contribution in [0.25, 0.3) is 5.69 Å². The summed E-state index contributed by atoms with van der Waals surface area (Å²) in [7, 11) is 2.77. The molecule has 0 bridgehead atoms. The molecule has 0 amide bonds. The van der Waals surface area contributed by atoms with Crippen molar-refractivity contribution in [2.24, 2.45) is 14.1 Å². The summed E-state index contributed by atoms with van der Waals surface area (Å²) in [6, 6.07) is 2.07. The van der Waals surface area contributed by atoms with Crippen molar-refractivity contribution in [3.8, 4) is 5.69 Å². The molecule has 0 saturated carbocycles. The third kappa shape index (κ3) is 2.06. The van der Waals surface area contributed by atoms with Crippen LogP contribution in [0.2, 0.25) is 5.02 Å². The molecule has 1 aromatic heterocycles. The molecule has 6 nitrogen and oxygen atoms in total. The summed E-state index contributed by atoms with van der Waals surface area (Å²) in [6.45, 7) is 0. The fourth-order valence-electron chi connectivity index (χ4n) is 1.70. The molecular weight excluding hydrogens is 307 g/mol. The Labute approximate surface area is 122 Å². The molecule has 0 fully saturated rings. The van der Waals surface area contributed by atoms with Crippen molar-refractivity contribution in [2.75, 3.05) is 5.73 Å². The second kappa shape index (κ2) is 4.88. The van der Waals surface area contributed by atoms with Gasteiger partial charge in [-0.15, -0.1) is 0 Å². The minimum absolute atomic E-state index is 0.000359. The van der Waals surface area contributed by atoms with Crippen LogP contribution in [0.15, 0.2) is 21.7 Å². The fourth-order valence-corrected chi connectivity index (χ4v) is 2.01. The van der Waals surface area contributed by atoms with Crippen molar-refractivity contribution in [3.63, 3.8) is 0 Å². The zero-order chi connectivity index (χ0) is 15.2. The number of aromatic nitrogens is 3. The first kappa shape index (κ1) is 14.5. The van der Waals surface area contributed by atoms with Gasteiger partial charge >= 0.3 is 11.4 Å². The smallest absolute Gasteiger partial charge is 0.338 e. The van der Waals surface area contributed by atoms with Gasteiger partial charge in [-0.3, -0.25) is 9.13 Å². The van der Waals surface area contributed by atoms with E-state index in [1.165, 1.54) is 14.1 Å². The molecule has 0 aliphatic rings. The lowest BCUT2D eigenvalue weighted by Gasteiger charge is -2.12. The normalized spacial score (nSPS) is 10.8. The van der Waals surface area contributed by atoms with Crippen LogP contribution < -0.4 is 17.1 Å². The van der Waals surface area contributed by atoms with Gasteiger partial charge in [0.25, 0.3) is 0 Å². The van der Waals surface area contributed by atoms with Crippen LogP contribution in [-0.2, 0) is 14.1 Å². The molecule has 0 saturated heterocycles. The SMILES string of the molecule is Cn1c(=S)n(C)c(=O)n(-c2cc(N)c(Cl)cc2F)c1=O. The van der Waals surface area contributed by atoms with Crippen LogP contribution in [0, 0.1) is 10.6 Å². The van der Waals surface area contributed by atoms with Gasteiger partial charge in [-0.2, -0.15) is 0 Å². The molecule has 0 aliphatic carbocycles. The first-order valence-corrected chi connectivity index (χ1v) is 6.18. The van der Waals surface area contributed by atoms with Crippen LogP contribution in [-0.4, -0.2) is 13.7 Å². The summed E-state index contributed by atoms with van der Waals surface area (Å²) in [4.78, 5) is 24.2. The lowest BCUT2D eigenvalue weighted by molar-refractivity contribution is 0.571. The predicted molar refractivity (Wildman–Crippen MR) is 76.5 cm³/mol. The average Bonchev–Trinajstić information content (AvgIpc) is 2.40. The lowest BCUT2D eigenvalue weighted by Crippen LogP contribution is -2.43. The van der Waals surface area contributed by atoms with E-state index in [2.05, 4.69) is 0 Å². The van der Waals surface area contributed by atoms with E-state index in [4.69, 9.17) is 29.6 Å². The molecular formula is C11H10ClFN4O2S. The summed E-state index contributed by atoms with van der Waals surface area (Å²) in [5, 5.41) is 0.000359. The van der Waals surface area contributed by atoms with Crippen molar-refractivity contribution < 1.29 is 4.39 Å². The molecule has 106 valence electrons. The molecule has 0 aliphatic heterocycles. The Bertz CT molecular complexity index is 843. The number of rotatable bonds is 1. The van der Waals surface area contributed by atoms with Crippen LogP contribution >= 0.6 is 23.8 Å². The predicted octanol–water partition coefficient (Wildman–Crippen LogP) is 0.979. The van der Waals surface area contributed by atoms with Crippen molar-refractivity contribution in [1.82, 2.24) is 13.7 Å². The summed E-state index contributed by atoms with van der Waals surface area (Å²) in [6.07, 6.45) is 0. The molecule has 2 aromatic rings. The van der Waals surface area contributed by atoms with Gasteiger partial charge in [-0.25, -0.2) is 18.5 Å². The number of nitrogens with zero attached hydrogens (tertiary/aromatic N) is 3. The molecule has 9 heteroatoms. The molecule has 0 unspecified atom stereocenters. The first-order valence-electron chi connectivity index (χ1n) is 5.39. The van der Waals surface area contributed by atoms with E-state index in [9.17, 15) is 14.0 Å². The van der Waals surface area contributed by atoms with Crippen molar-refractivity contribution in [1.29, 1.82) is 0 Å². The van der Waals surface area contributed by atoms with Crippen LogP contribution in [0.3, 0.4) is 0 Å². The topological polar surface area (TPSA) is 74.9 Å². The van der Waals surface area contributed by atoms with Crippen molar-refractivity contribution >= 4 is 29.5 Å².